The Morgan fingerprint density at radius 3 is 2.66 bits per heavy atom. The average Bonchev–Trinajstić information content (AvgIpc) is 3.42. The van der Waals surface area contributed by atoms with E-state index in [0.717, 1.165) is 54.9 Å². The van der Waals surface area contributed by atoms with Crippen LogP contribution in [0.4, 0.5) is 0 Å². The van der Waals surface area contributed by atoms with Gasteiger partial charge >= 0.3 is 0 Å². The number of hydrogen-bond acceptors (Lipinski definition) is 4. The average molecular weight is 471 g/mol. The van der Waals surface area contributed by atoms with E-state index in [1.807, 2.05) is 53.2 Å². The smallest absolute Gasteiger partial charge is 0.237 e. The number of halogens is 2. The van der Waals surface area contributed by atoms with Crippen molar-refractivity contribution in [3.8, 4) is 22.7 Å². The van der Waals surface area contributed by atoms with Crippen LogP contribution in [0, 0.1) is 0 Å². The van der Waals surface area contributed by atoms with Crippen molar-refractivity contribution in [1.29, 1.82) is 0 Å². The van der Waals surface area contributed by atoms with Crippen LogP contribution < -0.4 is 15.4 Å². The number of nitrogens with zero attached hydrogens (tertiary/aromatic N) is 2. The molecule has 1 saturated heterocycles. The molecule has 6 nitrogen and oxygen atoms in total. The minimum absolute atomic E-state index is 0.0145. The monoisotopic (exact) mass is 470 g/mol. The number of ether oxygens (including phenoxy) is 1. The van der Waals surface area contributed by atoms with Crippen molar-refractivity contribution in [2.75, 3.05) is 13.2 Å². The molecule has 2 aromatic carbocycles. The third-order valence-electron chi connectivity index (χ3n) is 5.97. The van der Waals surface area contributed by atoms with Crippen LogP contribution in [-0.2, 0) is 4.79 Å². The molecule has 5 rings (SSSR count). The third kappa shape index (κ3) is 4.10. The van der Waals surface area contributed by atoms with E-state index in [4.69, 9.17) is 33.0 Å². The minimum Gasteiger partial charge on any atom is -0.489 e. The number of fused-ring (bicyclic) bond motifs is 1. The maximum absolute atomic E-state index is 12.9. The van der Waals surface area contributed by atoms with Gasteiger partial charge in [0.2, 0.25) is 5.91 Å². The first-order valence-corrected chi connectivity index (χ1v) is 11.7. The summed E-state index contributed by atoms with van der Waals surface area (Å²) in [5.41, 5.74) is 3.18. The quantitative estimate of drug-likeness (QED) is 0.567. The number of rotatable bonds is 4. The van der Waals surface area contributed by atoms with Crippen LogP contribution in [0.1, 0.15) is 37.4 Å². The SMILES string of the molecule is O=C(NC1CCCOc2c1nn(-c1ccccc1Cl)c2-c1ccc(Cl)cc1)[C@H]1CCCN1. The summed E-state index contributed by atoms with van der Waals surface area (Å²) in [5.74, 6) is 0.690. The Bertz CT molecular complexity index is 1120. The summed E-state index contributed by atoms with van der Waals surface area (Å²) in [4.78, 5) is 12.9. The number of benzene rings is 2. The largest absolute Gasteiger partial charge is 0.489 e. The molecule has 0 radical (unpaired) electrons. The fourth-order valence-corrected chi connectivity index (χ4v) is 4.71. The molecule has 1 amide bonds. The van der Waals surface area contributed by atoms with Crippen molar-refractivity contribution in [3.05, 3.63) is 64.3 Å². The highest BCUT2D eigenvalue weighted by atomic mass is 35.5. The van der Waals surface area contributed by atoms with Crippen molar-refractivity contribution < 1.29 is 9.53 Å². The highest BCUT2D eigenvalue weighted by Crippen LogP contribution is 2.42. The van der Waals surface area contributed by atoms with Gasteiger partial charge in [0.25, 0.3) is 0 Å². The summed E-state index contributed by atoms with van der Waals surface area (Å²) in [6, 6.07) is 14.7. The van der Waals surface area contributed by atoms with Crippen LogP contribution in [-0.4, -0.2) is 34.9 Å². The zero-order chi connectivity index (χ0) is 22.1. The second-order valence-corrected chi connectivity index (χ2v) is 8.98. The molecule has 1 unspecified atom stereocenters. The van der Waals surface area contributed by atoms with Gasteiger partial charge in [-0.15, -0.1) is 0 Å². The van der Waals surface area contributed by atoms with Crippen LogP contribution in [0.5, 0.6) is 5.75 Å². The first-order valence-electron chi connectivity index (χ1n) is 10.9. The van der Waals surface area contributed by atoms with Gasteiger partial charge in [-0.05, 0) is 56.5 Å². The lowest BCUT2D eigenvalue weighted by atomic mass is 10.0. The molecular formula is C24H24Cl2N4O2. The molecule has 1 fully saturated rings. The molecule has 2 N–H and O–H groups in total. The second-order valence-electron chi connectivity index (χ2n) is 8.13. The van der Waals surface area contributed by atoms with Gasteiger partial charge in [-0.3, -0.25) is 4.79 Å². The van der Waals surface area contributed by atoms with E-state index in [0.29, 0.717) is 22.4 Å². The van der Waals surface area contributed by atoms with Crippen molar-refractivity contribution in [2.45, 2.75) is 37.8 Å². The van der Waals surface area contributed by atoms with Crippen LogP contribution in [0.2, 0.25) is 10.0 Å². The van der Waals surface area contributed by atoms with E-state index in [1.165, 1.54) is 0 Å². The van der Waals surface area contributed by atoms with Crippen molar-refractivity contribution in [3.63, 3.8) is 0 Å². The summed E-state index contributed by atoms with van der Waals surface area (Å²) >= 11 is 12.7. The highest BCUT2D eigenvalue weighted by Gasteiger charge is 2.32. The predicted molar refractivity (Wildman–Crippen MR) is 126 cm³/mol. The minimum atomic E-state index is -0.239. The second kappa shape index (κ2) is 9.14. The number of amides is 1. The van der Waals surface area contributed by atoms with Gasteiger partial charge in [-0.25, -0.2) is 4.68 Å². The number of para-hydroxylation sites is 1. The highest BCUT2D eigenvalue weighted by molar-refractivity contribution is 6.32. The number of nitrogens with one attached hydrogen (secondary N) is 2. The molecule has 3 aromatic rings. The Labute approximate surface area is 196 Å². The molecule has 8 heteroatoms. The lowest BCUT2D eigenvalue weighted by Crippen LogP contribution is -2.42. The number of hydrogen-bond donors (Lipinski definition) is 2. The van der Waals surface area contributed by atoms with E-state index in [2.05, 4.69) is 10.6 Å². The van der Waals surface area contributed by atoms with E-state index in [1.54, 1.807) is 0 Å². The fraction of sp³-hybridized carbons (Fsp3) is 0.333. The normalized spacial score (nSPS) is 20.3. The van der Waals surface area contributed by atoms with Crippen molar-refractivity contribution >= 4 is 29.1 Å². The molecule has 3 heterocycles. The van der Waals surface area contributed by atoms with Crippen LogP contribution >= 0.6 is 23.2 Å². The Balaban J connectivity index is 1.62. The lowest BCUT2D eigenvalue weighted by Gasteiger charge is -2.18. The molecule has 0 bridgehead atoms. The molecule has 166 valence electrons. The number of aromatic nitrogens is 2. The van der Waals surface area contributed by atoms with Gasteiger partial charge in [0.05, 0.1) is 29.4 Å². The number of carbonyl (C=O) groups is 1. The molecule has 0 spiro atoms. The molecule has 0 saturated carbocycles. The Kier molecular flexibility index (Phi) is 6.09. The molecule has 32 heavy (non-hydrogen) atoms. The molecule has 1 aromatic heterocycles. The summed E-state index contributed by atoms with van der Waals surface area (Å²) in [5, 5.41) is 12.7. The van der Waals surface area contributed by atoms with Gasteiger partial charge < -0.3 is 15.4 Å². The van der Waals surface area contributed by atoms with Crippen LogP contribution in [0.15, 0.2) is 48.5 Å². The van der Waals surface area contributed by atoms with E-state index >= 15 is 0 Å². The molecule has 2 atom stereocenters. The van der Waals surface area contributed by atoms with Gasteiger partial charge in [-0.2, -0.15) is 5.10 Å². The molecule has 2 aliphatic heterocycles. The topological polar surface area (TPSA) is 68.2 Å². The van der Waals surface area contributed by atoms with Gasteiger partial charge in [-0.1, -0.05) is 47.5 Å². The van der Waals surface area contributed by atoms with Crippen LogP contribution in [0.3, 0.4) is 0 Å². The molecule has 2 aliphatic rings. The summed E-state index contributed by atoms with van der Waals surface area (Å²) in [7, 11) is 0. The Morgan fingerprint density at radius 2 is 1.91 bits per heavy atom. The lowest BCUT2D eigenvalue weighted by molar-refractivity contribution is -0.123. The maximum atomic E-state index is 12.9. The Morgan fingerprint density at radius 1 is 1.09 bits per heavy atom. The van der Waals surface area contributed by atoms with E-state index in [9.17, 15) is 4.79 Å². The van der Waals surface area contributed by atoms with E-state index < -0.39 is 0 Å². The van der Waals surface area contributed by atoms with Gasteiger partial charge in [0.1, 0.15) is 11.4 Å². The van der Waals surface area contributed by atoms with Gasteiger partial charge in [0, 0.05) is 10.6 Å². The van der Waals surface area contributed by atoms with Crippen molar-refractivity contribution in [1.82, 2.24) is 20.4 Å². The summed E-state index contributed by atoms with van der Waals surface area (Å²) < 4.78 is 8.03. The molecule has 0 aliphatic carbocycles. The predicted octanol–water partition coefficient (Wildman–Crippen LogP) is 4.93. The van der Waals surface area contributed by atoms with Crippen molar-refractivity contribution in [2.24, 2.45) is 0 Å². The summed E-state index contributed by atoms with van der Waals surface area (Å²) in [6.07, 6.45) is 3.45. The fourth-order valence-electron chi connectivity index (χ4n) is 4.37. The maximum Gasteiger partial charge on any atom is 0.237 e. The standard InChI is InChI=1S/C24H24Cl2N4O2/c25-16-11-9-15(10-12-16)22-23-21(29-30(22)20-8-2-1-5-17(20)26)18(7-4-14-32-23)28-24(31)19-6-3-13-27-19/h1-2,5,8-12,18-19,27H,3-4,6-7,13-14H2,(H,28,31)/t18?,19-/m1/s1. The zero-order valence-electron chi connectivity index (χ0n) is 17.5. The van der Waals surface area contributed by atoms with E-state index in [-0.39, 0.29) is 18.0 Å². The first kappa shape index (κ1) is 21.3. The Hall–Kier alpha value is -2.54. The molecular weight excluding hydrogens is 447 g/mol. The van der Waals surface area contributed by atoms with Crippen LogP contribution in [0.25, 0.3) is 16.9 Å². The van der Waals surface area contributed by atoms with Gasteiger partial charge in [0.15, 0.2) is 5.75 Å². The first-order chi connectivity index (χ1) is 15.6. The number of carbonyl (C=O) groups excluding carboxylic acids is 1. The zero-order valence-corrected chi connectivity index (χ0v) is 19.0. The summed E-state index contributed by atoms with van der Waals surface area (Å²) in [6.45, 7) is 1.43. The third-order valence-corrected chi connectivity index (χ3v) is 6.54.